The smallest absolute Gasteiger partial charge is 0.00423 e. The van der Waals surface area contributed by atoms with Gasteiger partial charge >= 0.3 is 0 Å². The molecule has 0 spiro atoms. The Morgan fingerprint density at radius 3 is 2.36 bits per heavy atom. The van der Waals surface area contributed by atoms with E-state index in [4.69, 9.17) is 5.73 Å². The quantitative estimate of drug-likeness (QED) is 0.654. The molecule has 1 rings (SSSR count). The number of rotatable bonds is 3. The van der Waals surface area contributed by atoms with E-state index >= 15 is 0 Å². The van der Waals surface area contributed by atoms with E-state index < -0.39 is 0 Å². The average molecular weight is 149 g/mol. The minimum atomic E-state index is 0.747. The van der Waals surface area contributed by atoms with Gasteiger partial charge in [-0.1, -0.05) is 31.2 Å². The zero-order valence-corrected chi connectivity index (χ0v) is 7.01. The molecule has 0 saturated carbocycles. The average Bonchev–Trinajstić information content (AvgIpc) is 1.99. The van der Waals surface area contributed by atoms with Crippen LogP contribution in [-0.2, 0) is 0 Å². The van der Waals surface area contributed by atoms with Gasteiger partial charge in [0.15, 0.2) is 0 Å². The Balaban J connectivity index is 2.51. The standard InChI is InChI=1S/C10H15N/c1-2-4-9-6-7-10(9)5-3-8-11/h4-7H,2-3,8,11H2,1H3/b9-4+,10-5-. The van der Waals surface area contributed by atoms with E-state index in [0.29, 0.717) is 0 Å². The van der Waals surface area contributed by atoms with Gasteiger partial charge in [0.1, 0.15) is 0 Å². The molecule has 0 atom stereocenters. The first-order chi connectivity index (χ1) is 5.38. The highest BCUT2D eigenvalue weighted by molar-refractivity contribution is 5.56. The molecular weight excluding hydrogens is 134 g/mol. The molecule has 0 amide bonds. The maximum Gasteiger partial charge on any atom is -0.00423 e. The highest BCUT2D eigenvalue weighted by Gasteiger charge is 2.05. The van der Waals surface area contributed by atoms with Crippen molar-refractivity contribution in [1.29, 1.82) is 0 Å². The van der Waals surface area contributed by atoms with Crippen LogP contribution in [-0.4, -0.2) is 6.54 Å². The molecule has 0 unspecified atom stereocenters. The van der Waals surface area contributed by atoms with Gasteiger partial charge in [0.05, 0.1) is 0 Å². The first-order valence-corrected chi connectivity index (χ1v) is 4.17. The molecule has 60 valence electrons. The lowest BCUT2D eigenvalue weighted by Gasteiger charge is -2.12. The van der Waals surface area contributed by atoms with Gasteiger partial charge in [0, 0.05) is 0 Å². The molecule has 0 bridgehead atoms. The zero-order chi connectivity index (χ0) is 8.10. The van der Waals surface area contributed by atoms with Gasteiger partial charge in [0.25, 0.3) is 0 Å². The Labute approximate surface area is 68.3 Å². The first kappa shape index (κ1) is 8.28. The largest absolute Gasteiger partial charge is 0.330 e. The van der Waals surface area contributed by atoms with E-state index in [1.165, 1.54) is 11.1 Å². The summed E-state index contributed by atoms with van der Waals surface area (Å²) >= 11 is 0. The molecule has 0 aromatic rings. The minimum Gasteiger partial charge on any atom is -0.330 e. The summed E-state index contributed by atoms with van der Waals surface area (Å²) in [7, 11) is 0. The third-order valence-electron chi connectivity index (χ3n) is 1.73. The second-order valence-electron chi connectivity index (χ2n) is 2.64. The van der Waals surface area contributed by atoms with E-state index in [1.807, 2.05) is 0 Å². The van der Waals surface area contributed by atoms with E-state index in [9.17, 15) is 0 Å². The summed E-state index contributed by atoms with van der Waals surface area (Å²) in [6, 6.07) is 0. The van der Waals surface area contributed by atoms with Crippen molar-refractivity contribution in [3.63, 3.8) is 0 Å². The predicted octanol–water partition coefficient (Wildman–Crippen LogP) is 2.17. The van der Waals surface area contributed by atoms with Crippen molar-refractivity contribution in [2.75, 3.05) is 6.54 Å². The maximum absolute atomic E-state index is 5.39. The number of nitrogens with two attached hydrogens (primary N) is 1. The normalized spacial score (nSPS) is 22.7. The van der Waals surface area contributed by atoms with Crippen LogP contribution in [0.1, 0.15) is 19.8 Å². The number of hydrogen-bond donors (Lipinski definition) is 1. The summed E-state index contributed by atoms with van der Waals surface area (Å²) in [6.07, 6.45) is 10.8. The number of hydrogen-bond acceptors (Lipinski definition) is 1. The van der Waals surface area contributed by atoms with Crippen molar-refractivity contribution in [2.24, 2.45) is 5.73 Å². The highest BCUT2D eigenvalue weighted by atomic mass is 14.5. The maximum atomic E-state index is 5.39. The molecule has 1 nitrogen and oxygen atoms in total. The van der Waals surface area contributed by atoms with Crippen LogP contribution in [0.25, 0.3) is 0 Å². The molecule has 1 aliphatic carbocycles. The molecule has 2 N–H and O–H groups in total. The summed E-state index contributed by atoms with van der Waals surface area (Å²) in [5, 5.41) is 0. The van der Waals surface area contributed by atoms with Crippen LogP contribution in [0.5, 0.6) is 0 Å². The van der Waals surface area contributed by atoms with Crippen LogP contribution in [0.2, 0.25) is 0 Å². The van der Waals surface area contributed by atoms with Gasteiger partial charge in [0.2, 0.25) is 0 Å². The van der Waals surface area contributed by atoms with Crippen LogP contribution >= 0.6 is 0 Å². The molecule has 0 aromatic carbocycles. The van der Waals surface area contributed by atoms with Crippen molar-refractivity contribution in [3.8, 4) is 0 Å². The van der Waals surface area contributed by atoms with Crippen LogP contribution in [0, 0.1) is 0 Å². The van der Waals surface area contributed by atoms with Gasteiger partial charge in [-0.2, -0.15) is 0 Å². The summed E-state index contributed by atoms with van der Waals surface area (Å²) in [5.41, 5.74) is 8.12. The summed E-state index contributed by atoms with van der Waals surface area (Å²) < 4.78 is 0. The Morgan fingerprint density at radius 2 is 1.91 bits per heavy atom. The fourth-order valence-corrected chi connectivity index (χ4v) is 1.11. The summed E-state index contributed by atoms with van der Waals surface area (Å²) in [6.45, 7) is 2.90. The third-order valence-corrected chi connectivity index (χ3v) is 1.73. The Hall–Kier alpha value is -0.820. The van der Waals surface area contributed by atoms with Gasteiger partial charge in [-0.05, 0) is 30.5 Å². The minimum absolute atomic E-state index is 0.747. The van der Waals surface area contributed by atoms with E-state index in [1.54, 1.807) is 0 Å². The van der Waals surface area contributed by atoms with Crippen molar-refractivity contribution in [3.05, 3.63) is 35.5 Å². The fraction of sp³-hybridized carbons (Fsp3) is 0.400. The molecule has 1 heteroatoms. The van der Waals surface area contributed by atoms with Crippen molar-refractivity contribution < 1.29 is 0 Å². The predicted molar refractivity (Wildman–Crippen MR) is 49.3 cm³/mol. The third kappa shape index (κ3) is 2.05. The Morgan fingerprint density at radius 1 is 1.27 bits per heavy atom. The van der Waals surface area contributed by atoms with Gasteiger partial charge in [-0.25, -0.2) is 0 Å². The van der Waals surface area contributed by atoms with Crippen LogP contribution in [0.15, 0.2) is 35.5 Å². The highest BCUT2D eigenvalue weighted by Crippen LogP contribution is 2.23. The molecule has 0 heterocycles. The monoisotopic (exact) mass is 149 g/mol. The summed E-state index contributed by atoms with van der Waals surface area (Å²) in [5.74, 6) is 0. The lowest BCUT2D eigenvalue weighted by atomic mass is 9.93. The van der Waals surface area contributed by atoms with Crippen LogP contribution in [0.3, 0.4) is 0 Å². The van der Waals surface area contributed by atoms with Crippen LogP contribution in [0.4, 0.5) is 0 Å². The molecule has 1 aliphatic rings. The molecule has 0 radical (unpaired) electrons. The van der Waals surface area contributed by atoms with E-state index in [0.717, 1.165) is 19.4 Å². The second kappa shape index (κ2) is 4.14. The van der Waals surface area contributed by atoms with Crippen molar-refractivity contribution in [2.45, 2.75) is 19.8 Å². The van der Waals surface area contributed by atoms with Gasteiger partial charge in [-0.3, -0.25) is 0 Å². The first-order valence-electron chi connectivity index (χ1n) is 4.17. The SMILES string of the molecule is CC/C=C1C=CC\1=C\CCN. The molecule has 0 aromatic heterocycles. The second-order valence-corrected chi connectivity index (χ2v) is 2.64. The zero-order valence-electron chi connectivity index (χ0n) is 7.01. The Bertz CT molecular complexity index is 209. The van der Waals surface area contributed by atoms with E-state index in [-0.39, 0.29) is 0 Å². The van der Waals surface area contributed by atoms with Crippen LogP contribution < -0.4 is 5.73 Å². The lowest BCUT2D eigenvalue weighted by molar-refractivity contribution is 0.999. The molecule has 11 heavy (non-hydrogen) atoms. The summed E-state index contributed by atoms with van der Waals surface area (Å²) in [4.78, 5) is 0. The van der Waals surface area contributed by atoms with E-state index in [2.05, 4.69) is 31.2 Å². The fourth-order valence-electron chi connectivity index (χ4n) is 1.11. The molecule has 0 saturated heterocycles. The topological polar surface area (TPSA) is 26.0 Å². The van der Waals surface area contributed by atoms with Crippen molar-refractivity contribution >= 4 is 0 Å². The molecule has 0 aliphatic heterocycles. The van der Waals surface area contributed by atoms with Gasteiger partial charge in [-0.15, -0.1) is 0 Å². The lowest BCUT2D eigenvalue weighted by Crippen LogP contribution is -1.99. The van der Waals surface area contributed by atoms with Crippen molar-refractivity contribution in [1.82, 2.24) is 0 Å². The molecular formula is C10H15N. The van der Waals surface area contributed by atoms with Gasteiger partial charge < -0.3 is 5.73 Å². The molecule has 0 fully saturated rings. The number of allylic oxidation sites excluding steroid dienone is 5. The Kier molecular flexibility index (Phi) is 3.12.